The Morgan fingerprint density at radius 2 is 1.17 bits per heavy atom. The summed E-state index contributed by atoms with van der Waals surface area (Å²) >= 11 is 0. The Balaban J connectivity index is 1.43. The number of rotatable bonds is 9. The predicted molar refractivity (Wildman–Crippen MR) is 138 cm³/mol. The molecule has 188 valence electrons. The Kier molecular flexibility index (Phi) is 8.26. The second-order valence-electron chi connectivity index (χ2n) is 9.36. The molecule has 1 saturated heterocycles. The minimum absolute atomic E-state index is 0.252. The van der Waals surface area contributed by atoms with Gasteiger partial charge in [-0.3, -0.25) is 0 Å². The number of hydrogen-bond donors (Lipinski definition) is 0. The van der Waals surface area contributed by atoms with Crippen molar-refractivity contribution in [2.75, 3.05) is 6.61 Å². The lowest BCUT2D eigenvalue weighted by Gasteiger charge is -2.52. The molecule has 2 heterocycles. The highest BCUT2D eigenvalue weighted by Crippen LogP contribution is 2.41. The van der Waals surface area contributed by atoms with E-state index in [-0.39, 0.29) is 12.2 Å². The Morgan fingerprint density at radius 3 is 1.67 bits per heavy atom. The Labute approximate surface area is 213 Å². The van der Waals surface area contributed by atoms with Crippen LogP contribution in [0.15, 0.2) is 103 Å². The number of ether oxygens (including phenoxy) is 5. The van der Waals surface area contributed by atoms with E-state index in [9.17, 15) is 0 Å². The molecule has 5 nitrogen and oxygen atoms in total. The van der Waals surface area contributed by atoms with Crippen molar-refractivity contribution in [1.82, 2.24) is 0 Å². The summed E-state index contributed by atoms with van der Waals surface area (Å²) in [5, 5.41) is 0. The van der Waals surface area contributed by atoms with Crippen molar-refractivity contribution in [2.45, 2.75) is 63.4 Å². The first-order chi connectivity index (χ1) is 17.7. The molecular formula is C31H34O5. The van der Waals surface area contributed by atoms with Crippen molar-refractivity contribution >= 4 is 0 Å². The molecule has 5 unspecified atom stereocenters. The van der Waals surface area contributed by atoms with E-state index in [2.05, 4.69) is 42.5 Å². The van der Waals surface area contributed by atoms with E-state index in [1.807, 2.05) is 67.6 Å². The summed E-state index contributed by atoms with van der Waals surface area (Å²) < 4.78 is 32.6. The van der Waals surface area contributed by atoms with Gasteiger partial charge in [-0.1, -0.05) is 103 Å². The summed E-state index contributed by atoms with van der Waals surface area (Å²) in [5.41, 5.74) is 3.28. The van der Waals surface area contributed by atoms with Gasteiger partial charge in [-0.15, -0.1) is 0 Å². The molecule has 0 bridgehead atoms. The Hall–Kier alpha value is -2.80. The van der Waals surface area contributed by atoms with Gasteiger partial charge in [0.05, 0.1) is 32.5 Å². The van der Waals surface area contributed by atoms with Crippen LogP contribution in [0.2, 0.25) is 0 Å². The van der Waals surface area contributed by atoms with Crippen LogP contribution >= 0.6 is 0 Å². The standard InChI is InChI=1S/C31H34O5/c1-24-28(32-21-25-13-5-2-6-14-25)29(33-22-26-15-7-3-8-16-26)30(31(36-24)19-11-12-20-35-31)34-23-27-17-9-4-10-18-27/h2-18,24,28-30H,19-23H2,1H3. The molecule has 1 spiro atoms. The molecule has 0 radical (unpaired) electrons. The smallest absolute Gasteiger partial charge is 0.201 e. The molecule has 0 saturated carbocycles. The van der Waals surface area contributed by atoms with Gasteiger partial charge in [-0.05, 0) is 23.6 Å². The zero-order chi connectivity index (χ0) is 24.6. The lowest BCUT2D eigenvalue weighted by atomic mass is 9.89. The normalized spacial score (nSPS) is 27.8. The minimum atomic E-state index is -0.934. The summed E-state index contributed by atoms with van der Waals surface area (Å²) in [5.74, 6) is -0.934. The van der Waals surface area contributed by atoms with Crippen LogP contribution in [-0.2, 0) is 43.5 Å². The van der Waals surface area contributed by atoms with Crippen molar-refractivity contribution in [3.05, 3.63) is 120 Å². The minimum Gasteiger partial charge on any atom is -0.368 e. The Morgan fingerprint density at radius 1 is 0.667 bits per heavy atom. The molecule has 5 heteroatoms. The molecule has 5 atom stereocenters. The zero-order valence-electron chi connectivity index (χ0n) is 20.7. The van der Waals surface area contributed by atoms with E-state index in [0.717, 1.165) is 16.7 Å². The Bertz CT molecular complexity index is 1090. The van der Waals surface area contributed by atoms with Crippen LogP contribution < -0.4 is 0 Å². The molecule has 2 aliphatic rings. The maximum absolute atomic E-state index is 6.63. The second kappa shape index (κ2) is 12.0. The molecule has 3 aromatic carbocycles. The second-order valence-corrected chi connectivity index (χ2v) is 9.36. The first kappa shape index (κ1) is 24.9. The fourth-order valence-corrected chi connectivity index (χ4v) is 4.91. The van der Waals surface area contributed by atoms with Crippen LogP contribution in [0, 0.1) is 0 Å². The first-order valence-corrected chi connectivity index (χ1v) is 12.7. The molecule has 3 aromatic rings. The highest BCUT2D eigenvalue weighted by molar-refractivity contribution is 5.16. The first-order valence-electron chi connectivity index (χ1n) is 12.7. The van der Waals surface area contributed by atoms with E-state index < -0.39 is 18.0 Å². The summed E-state index contributed by atoms with van der Waals surface area (Å²) in [6.07, 6.45) is 3.25. The lowest BCUT2D eigenvalue weighted by molar-refractivity contribution is -0.375. The molecular weight excluding hydrogens is 452 g/mol. The topological polar surface area (TPSA) is 46.2 Å². The van der Waals surface area contributed by atoms with Gasteiger partial charge < -0.3 is 23.7 Å². The molecule has 0 aromatic heterocycles. The fourth-order valence-electron chi connectivity index (χ4n) is 4.91. The van der Waals surface area contributed by atoms with Gasteiger partial charge in [-0.25, -0.2) is 0 Å². The van der Waals surface area contributed by atoms with Crippen LogP contribution in [0.1, 0.15) is 30.0 Å². The third-order valence-electron chi connectivity index (χ3n) is 6.74. The van der Waals surface area contributed by atoms with Gasteiger partial charge in [0.15, 0.2) is 0 Å². The van der Waals surface area contributed by atoms with Gasteiger partial charge in [-0.2, -0.15) is 0 Å². The van der Waals surface area contributed by atoms with Gasteiger partial charge in [0.1, 0.15) is 18.3 Å². The molecule has 36 heavy (non-hydrogen) atoms. The SMILES string of the molecule is CC1OC2(CC=CCO2)C(OCc2ccccc2)C(OCc2ccccc2)C1OCc1ccccc1. The molecule has 1 fully saturated rings. The van der Waals surface area contributed by atoms with Gasteiger partial charge in [0.25, 0.3) is 0 Å². The van der Waals surface area contributed by atoms with Crippen LogP contribution in [0.25, 0.3) is 0 Å². The maximum atomic E-state index is 6.63. The van der Waals surface area contributed by atoms with Crippen molar-refractivity contribution in [2.24, 2.45) is 0 Å². The van der Waals surface area contributed by atoms with Gasteiger partial charge in [0, 0.05) is 6.42 Å². The van der Waals surface area contributed by atoms with Crippen molar-refractivity contribution in [3.63, 3.8) is 0 Å². The van der Waals surface area contributed by atoms with E-state index in [0.29, 0.717) is 32.8 Å². The summed E-state index contributed by atoms with van der Waals surface area (Å²) in [4.78, 5) is 0. The highest BCUT2D eigenvalue weighted by atomic mass is 16.7. The largest absolute Gasteiger partial charge is 0.368 e. The molecule has 0 N–H and O–H groups in total. The van der Waals surface area contributed by atoms with Crippen molar-refractivity contribution in [1.29, 1.82) is 0 Å². The molecule has 2 aliphatic heterocycles. The van der Waals surface area contributed by atoms with E-state index in [4.69, 9.17) is 23.7 Å². The van der Waals surface area contributed by atoms with Crippen molar-refractivity contribution < 1.29 is 23.7 Å². The van der Waals surface area contributed by atoms with Crippen LogP contribution in [0.3, 0.4) is 0 Å². The maximum Gasteiger partial charge on any atom is 0.201 e. The van der Waals surface area contributed by atoms with Gasteiger partial charge >= 0.3 is 0 Å². The average molecular weight is 487 g/mol. The number of hydrogen-bond acceptors (Lipinski definition) is 5. The summed E-state index contributed by atoms with van der Waals surface area (Å²) in [6.45, 7) is 3.84. The quantitative estimate of drug-likeness (QED) is 0.356. The average Bonchev–Trinajstić information content (AvgIpc) is 2.93. The predicted octanol–water partition coefficient (Wildman–Crippen LogP) is 5.83. The third kappa shape index (κ3) is 5.94. The van der Waals surface area contributed by atoms with E-state index >= 15 is 0 Å². The lowest BCUT2D eigenvalue weighted by Crippen LogP contribution is -2.67. The fraction of sp³-hybridized carbons (Fsp3) is 0.355. The van der Waals surface area contributed by atoms with Gasteiger partial charge in [0.2, 0.25) is 5.79 Å². The molecule has 0 aliphatic carbocycles. The summed E-state index contributed by atoms with van der Waals surface area (Å²) in [6, 6.07) is 30.5. The highest BCUT2D eigenvalue weighted by Gasteiger charge is 2.56. The third-order valence-corrected chi connectivity index (χ3v) is 6.74. The molecule has 0 amide bonds. The zero-order valence-corrected chi connectivity index (χ0v) is 20.7. The van der Waals surface area contributed by atoms with E-state index in [1.54, 1.807) is 0 Å². The summed E-state index contributed by atoms with van der Waals surface area (Å²) in [7, 11) is 0. The van der Waals surface area contributed by atoms with Crippen LogP contribution in [-0.4, -0.2) is 36.8 Å². The number of benzene rings is 3. The van der Waals surface area contributed by atoms with Crippen molar-refractivity contribution in [3.8, 4) is 0 Å². The van der Waals surface area contributed by atoms with Crippen LogP contribution in [0.4, 0.5) is 0 Å². The van der Waals surface area contributed by atoms with Crippen LogP contribution in [0.5, 0.6) is 0 Å². The monoisotopic (exact) mass is 486 g/mol. The molecule has 5 rings (SSSR count). The van der Waals surface area contributed by atoms with E-state index in [1.165, 1.54) is 0 Å².